The highest BCUT2D eigenvalue weighted by molar-refractivity contribution is 7.17. The lowest BCUT2D eigenvalue weighted by Gasteiger charge is -2.09. The Morgan fingerprint density at radius 3 is 2.90 bits per heavy atom. The van der Waals surface area contributed by atoms with Crippen LogP contribution in [-0.4, -0.2) is 17.1 Å². The van der Waals surface area contributed by atoms with E-state index in [2.05, 4.69) is 16.0 Å². The Labute approximate surface area is 119 Å². The Hall–Kier alpha value is -2.65. The first-order valence-electron chi connectivity index (χ1n) is 5.76. The second kappa shape index (κ2) is 5.15. The molecule has 0 N–H and O–H groups in total. The zero-order valence-electron chi connectivity index (χ0n) is 10.5. The van der Waals surface area contributed by atoms with Crippen LogP contribution in [0.3, 0.4) is 0 Å². The van der Waals surface area contributed by atoms with Gasteiger partial charge in [0.2, 0.25) is 5.88 Å². The minimum atomic E-state index is 0.480. The SMILES string of the molecule is COc1cc(C#N)ccc1Oc1ncnc2ccsc12. The third-order valence-corrected chi connectivity index (χ3v) is 3.60. The zero-order chi connectivity index (χ0) is 13.9. The van der Waals surface area contributed by atoms with Crippen LogP contribution in [-0.2, 0) is 0 Å². The molecule has 0 fully saturated rings. The van der Waals surface area contributed by atoms with Crippen molar-refractivity contribution >= 4 is 21.6 Å². The van der Waals surface area contributed by atoms with Crippen molar-refractivity contribution in [3.63, 3.8) is 0 Å². The van der Waals surface area contributed by atoms with E-state index in [1.54, 1.807) is 18.2 Å². The van der Waals surface area contributed by atoms with Crippen LogP contribution in [0.5, 0.6) is 17.4 Å². The summed E-state index contributed by atoms with van der Waals surface area (Å²) in [6.45, 7) is 0. The first kappa shape index (κ1) is 12.4. The summed E-state index contributed by atoms with van der Waals surface area (Å²) < 4.78 is 11.9. The molecular formula is C14H9N3O2S. The highest BCUT2D eigenvalue weighted by Crippen LogP contribution is 2.35. The van der Waals surface area contributed by atoms with Crippen LogP contribution in [0.2, 0.25) is 0 Å². The number of rotatable bonds is 3. The molecule has 20 heavy (non-hydrogen) atoms. The Morgan fingerprint density at radius 2 is 2.10 bits per heavy atom. The summed E-state index contributed by atoms with van der Waals surface area (Å²) in [5.41, 5.74) is 1.35. The summed E-state index contributed by atoms with van der Waals surface area (Å²) in [5.74, 6) is 1.49. The summed E-state index contributed by atoms with van der Waals surface area (Å²) in [6.07, 6.45) is 1.46. The van der Waals surface area contributed by atoms with E-state index in [0.29, 0.717) is 22.9 Å². The number of nitriles is 1. The molecule has 3 aromatic rings. The molecule has 98 valence electrons. The highest BCUT2D eigenvalue weighted by atomic mass is 32.1. The van der Waals surface area contributed by atoms with Crippen LogP contribution in [0.1, 0.15) is 5.56 Å². The summed E-state index contributed by atoms with van der Waals surface area (Å²) in [6, 6.07) is 8.96. The van der Waals surface area contributed by atoms with Gasteiger partial charge in [0.05, 0.1) is 24.3 Å². The maximum Gasteiger partial charge on any atom is 0.240 e. The molecule has 0 bridgehead atoms. The normalized spacial score (nSPS) is 10.2. The van der Waals surface area contributed by atoms with Crippen molar-refractivity contribution in [2.24, 2.45) is 0 Å². The quantitative estimate of drug-likeness (QED) is 0.737. The number of ether oxygens (including phenoxy) is 2. The van der Waals surface area contributed by atoms with E-state index < -0.39 is 0 Å². The largest absolute Gasteiger partial charge is 0.493 e. The van der Waals surface area contributed by atoms with Crippen LogP contribution in [0.25, 0.3) is 10.2 Å². The molecule has 0 spiro atoms. The van der Waals surface area contributed by atoms with E-state index >= 15 is 0 Å². The molecule has 2 heterocycles. The van der Waals surface area contributed by atoms with Gasteiger partial charge in [-0.3, -0.25) is 0 Å². The van der Waals surface area contributed by atoms with Gasteiger partial charge in [-0.15, -0.1) is 11.3 Å². The molecule has 5 nitrogen and oxygen atoms in total. The molecule has 0 amide bonds. The van der Waals surface area contributed by atoms with Gasteiger partial charge in [0.25, 0.3) is 0 Å². The molecule has 0 aliphatic rings. The lowest BCUT2D eigenvalue weighted by molar-refractivity contribution is 0.375. The van der Waals surface area contributed by atoms with E-state index in [-0.39, 0.29) is 0 Å². The second-order valence-electron chi connectivity index (χ2n) is 3.89. The van der Waals surface area contributed by atoms with Crippen LogP contribution in [0.4, 0.5) is 0 Å². The third kappa shape index (κ3) is 2.15. The number of hydrogen-bond donors (Lipinski definition) is 0. The summed E-state index contributed by atoms with van der Waals surface area (Å²) in [7, 11) is 1.53. The van der Waals surface area contributed by atoms with Gasteiger partial charge < -0.3 is 9.47 Å². The second-order valence-corrected chi connectivity index (χ2v) is 4.81. The van der Waals surface area contributed by atoms with Crippen molar-refractivity contribution in [2.45, 2.75) is 0 Å². The molecule has 6 heteroatoms. The van der Waals surface area contributed by atoms with E-state index in [1.165, 1.54) is 24.8 Å². The smallest absolute Gasteiger partial charge is 0.240 e. The lowest BCUT2D eigenvalue weighted by Crippen LogP contribution is -1.93. The molecule has 0 radical (unpaired) electrons. The predicted octanol–water partition coefficient (Wildman–Crippen LogP) is 3.36. The fourth-order valence-electron chi connectivity index (χ4n) is 1.76. The Balaban J connectivity index is 2.03. The van der Waals surface area contributed by atoms with Gasteiger partial charge in [-0.25, -0.2) is 9.97 Å². The minimum absolute atomic E-state index is 0.480. The average molecular weight is 283 g/mol. The third-order valence-electron chi connectivity index (χ3n) is 2.71. The number of benzene rings is 1. The van der Waals surface area contributed by atoms with Crippen molar-refractivity contribution in [3.8, 4) is 23.4 Å². The first-order chi connectivity index (χ1) is 9.81. The average Bonchev–Trinajstić information content (AvgIpc) is 2.97. The minimum Gasteiger partial charge on any atom is -0.493 e. The van der Waals surface area contributed by atoms with Crippen LogP contribution < -0.4 is 9.47 Å². The fourth-order valence-corrected chi connectivity index (χ4v) is 2.53. The molecule has 2 aromatic heterocycles. The molecule has 0 unspecified atom stereocenters. The van der Waals surface area contributed by atoms with Gasteiger partial charge in [-0.1, -0.05) is 0 Å². The predicted molar refractivity (Wildman–Crippen MR) is 75.2 cm³/mol. The molecule has 0 atom stereocenters. The molecule has 0 aliphatic heterocycles. The number of hydrogen-bond acceptors (Lipinski definition) is 6. The maximum atomic E-state index is 8.89. The summed E-state index contributed by atoms with van der Waals surface area (Å²) >= 11 is 1.51. The van der Waals surface area contributed by atoms with Crippen LogP contribution in [0.15, 0.2) is 36.0 Å². The van der Waals surface area contributed by atoms with Gasteiger partial charge in [0.15, 0.2) is 11.5 Å². The van der Waals surface area contributed by atoms with E-state index in [9.17, 15) is 0 Å². The Morgan fingerprint density at radius 1 is 1.20 bits per heavy atom. The van der Waals surface area contributed by atoms with Gasteiger partial charge >= 0.3 is 0 Å². The fraction of sp³-hybridized carbons (Fsp3) is 0.0714. The number of fused-ring (bicyclic) bond motifs is 1. The molecule has 0 saturated heterocycles. The van der Waals surface area contributed by atoms with Crippen molar-refractivity contribution in [1.29, 1.82) is 5.26 Å². The Kier molecular flexibility index (Phi) is 3.19. The standard InChI is InChI=1S/C14H9N3O2S/c1-18-12-6-9(7-15)2-3-11(12)19-14-13-10(4-5-20-13)16-8-17-14/h2-6,8H,1H3. The summed E-state index contributed by atoms with van der Waals surface area (Å²) in [5, 5.41) is 10.8. The molecule has 3 rings (SSSR count). The van der Waals surface area contributed by atoms with E-state index in [0.717, 1.165) is 10.2 Å². The van der Waals surface area contributed by atoms with Crippen molar-refractivity contribution in [3.05, 3.63) is 41.5 Å². The molecule has 0 aliphatic carbocycles. The van der Waals surface area contributed by atoms with Crippen molar-refractivity contribution in [1.82, 2.24) is 9.97 Å². The van der Waals surface area contributed by atoms with Gasteiger partial charge in [0.1, 0.15) is 11.0 Å². The number of methoxy groups -OCH3 is 1. The maximum absolute atomic E-state index is 8.89. The van der Waals surface area contributed by atoms with Crippen LogP contribution >= 0.6 is 11.3 Å². The zero-order valence-corrected chi connectivity index (χ0v) is 11.3. The number of aromatic nitrogens is 2. The number of thiophene rings is 1. The highest BCUT2D eigenvalue weighted by Gasteiger charge is 2.11. The van der Waals surface area contributed by atoms with Gasteiger partial charge in [-0.2, -0.15) is 5.26 Å². The van der Waals surface area contributed by atoms with Gasteiger partial charge in [-0.05, 0) is 23.6 Å². The number of nitrogens with zero attached hydrogens (tertiary/aromatic N) is 3. The molecular weight excluding hydrogens is 274 g/mol. The summed E-state index contributed by atoms with van der Waals surface area (Å²) in [4.78, 5) is 8.31. The van der Waals surface area contributed by atoms with E-state index in [4.69, 9.17) is 14.7 Å². The molecule has 1 aromatic carbocycles. The Bertz CT molecular complexity index is 808. The molecule has 0 saturated carbocycles. The van der Waals surface area contributed by atoms with Crippen LogP contribution in [0, 0.1) is 11.3 Å². The van der Waals surface area contributed by atoms with E-state index in [1.807, 2.05) is 11.4 Å². The van der Waals surface area contributed by atoms with Crippen molar-refractivity contribution in [2.75, 3.05) is 7.11 Å². The first-order valence-corrected chi connectivity index (χ1v) is 6.64. The van der Waals surface area contributed by atoms with Crippen molar-refractivity contribution < 1.29 is 9.47 Å². The van der Waals surface area contributed by atoms with Gasteiger partial charge in [0, 0.05) is 6.07 Å². The monoisotopic (exact) mass is 283 g/mol. The topological polar surface area (TPSA) is 68.0 Å². The lowest BCUT2D eigenvalue weighted by atomic mass is 10.2.